The van der Waals surface area contributed by atoms with Crippen molar-refractivity contribution < 1.29 is 9.72 Å². The van der Waals surface area contributed by atoms with Gasteiger partial charge in [0.1, 0.15) is 0 Å². The second kappa shape index (κ2) is 6.94. The number of carbonyl (C=O) groups is 1. The van der Waals surface area contributed by atoms with Gasteiger partial charge >= 0.3 is 0 Å². The highest BCUT2D eigenvalue weighted by atomic mass is 79.9. The van der Waals surface area contributed by atoms with Crippen LogP contribution >= 0.6 is 15.9 Å². The monoisotopic (exact) mass is 454 g/mol. The van der Waals surface area contributed by atoms with Gasteiger partial charge in [-0.25, -0.2) is 0 Å². The maximum atomic E-state index is 12.7. The summed E-state index contributed by atoms with van der Waals surface area (Å²) in [5.41, 5.74) is 2.60. The van der Waals surface area contributed by atoms with Gasteiger partial charge in [-0.3, -0.25) is 14.9 Å². The molecule has 4 aliphatic rings. The van der Waals surface area contributed by atoms with Crippen LogP contribution < -0.4 is 5.32 Å². The number of amides is 1. The van der Waals surface area contributed by atoms with Gasteiger partial charge in [-0.15, -0.1) is 0 Å². The molecule has 0 aliphatic heterocycles. The number of nitro benzene ring substituents is 1. The van der Waals surface area contributed by atoms with Gasteiger partial charge < -0.3 is 5.32 Å². The summed E-state index contributed by atoms with van der Waals surface area (Å²) >= 11 is 3.31. The molecule has 150 valence electrons. The lowest BCUT2D eigenvalue weighted by Crippen LogP contribution is -2.48. The number of carbonyl (C=O) groups excluding carboxylic acids is 1. The van der Waals surface area contributed by atoms with E-state index in [1.807, 2.05) is 12.1 Å². The topological polar surface area (TPSA) is 72.2 Å². The van der Waals surface area contributed by atoms with E-state index in [2.05, 4.69) is 33.4 Å². The SMILES string of the molecule is O=C(Nc1ccc(C23CC4CC(CC(C4)C2)C3)cc1)c1cc([N+](=O)[O-])ccc1Br. The first-order valence-corrected chi connectivity index (χ1v) is 11.1. The molecule has 1 amide bonds. The Morgan fingerprint density at radius 3 is 2.14 bits per heavy atom. The zero-order valence-corrected chi connectivity index (χ0v) is 17.7. The fraction of sp³-hybridized carbons (Fsp3) is 0.435. The Hall–Kier alpha value is -2.21. The van der Waals surface area contributed by atoms with Crippen molar-refractivity contribution in [1.82, 2.24) is 0 Å². The van der Waals surface area contributed by atoms with Gasteiger partial charge in [0.25, 0.3) is 11.6 Å². The Kier molecular flexibility index (Phi) is 4.50. The van der Waals surface area contributed by atoms with E-state index in [4.69, 9.17) is 0 Å². The van der Waals surface area contributed by atoms with Crippen LogP contribution in [0.15, 0.2) is 46.9 Å². The van der Waals surface area contributed by atoms with Gasteiger partial charge in [-0.05, 0) is 101 Å². The predicted octanol–water partition coefficient (Wildman–Crippen LogP) is 6.08. The van der Waals surface area contributed by atoms with E-state index in [0.29, 0.717) is 15.6 Å². The first-order chi connectivity index (χ1) is 13.9. The molecule has 0 aromatic heterocycles. The summed E-state index contributed by atoms with van der Waals surface area (Å²) in [7, 11) is 0. The molecule has 0 radical (unpaired) electrons. The van der Waals surface area contributed by atoms with Gasteiger partial charge in [-0.1, -0.05) is 12.1 Å². The van der Waals surface area contributed by atoms with E-state index in [0.717, 1.165) is 17.8 Å². The second-order valence-corrected chi connectivity index (χ2v) is 10.0. The highest BCUT2D eigenvalue weighted by molar-refractivity contribution is 9.10. The minimum Gasteiger partial charge on any atom is -0.322 e. The molecular formula is C23H23BrN2O3. The van der Waals surface area contributed by atoms with Gasteiger partial charge in [0.15, 0.2) is 0 Å². The van der Waals surface area contributed by atoms with Crippen LogP contribution in [0.2, 0.25) is 0 Å². The molecule has 0 saturated heterocycles. The lowest BCUT2D eigenvalue weighted by molar-refractivity contribution is -0.384. The highest BCUT2D eigenvalue weighted by Gasteiger charge is 2.51. The minimum absolute atomic E-state index is 0.101. The van der Waals surface area contributed by atoms with Crippen LogP contribution in [-0.2, 0) is 5.41 Å². The van der Waals surface area contributed by atoms with E-state index < -0.39 is 4.92 Å². The first-order valence-electron chi connectivity index (χ1n) is 10.3. The van der Waals surface area contributed by atoms with Crippen LogP contribution in [0.25, 0.3) is 0 Å². The molecular weight excluding hydrogens is 432 g/mol. The molecule has 2 aromatic rings. The number of hydrogen-bond donors (Lipinski definition) is 1. The molecule has 6 heteroatoms. The molecule has 0 spiro atoms. The van der Waals surface area contributed by atoms with Crippen molar-refractivity contribution in [2.45, 2.75) is 43.9 Å². The molecule has 0 unspecified atom stereocenters. The van der Waals surface area contributed by atoms with E-state index >= 15 is 0 Å². The number of hydrogen-bond acceptors (Lipinski definition) is 3. The van der Waals surface area contributed by atoms with Crippen LogP contribution in [0.4, 0.5) is 11.4 Å². The third-order valence-electron chi connectivity index (χ3n) is 7.20. The van der Waals surface area contributed by atoms with E-state index in [9.17, 15) is 14.9 Å². The number of nitrogens with one attached hydrogen (secondary N) is 1. The number of rotatable bonds is 4. The maximum absolute atomic E-state index is 12.7. The summed E-state index contributed by atoms with van der Waals surface area (Å²) in [6.45, 7) is 0. The van der Waals surface area contributed by atoms with Crippen LogP contribution in [-0.4, -0.2) is 10.8 Å². The number of halogens is 1. The van der Waals surface area contributed by atoms with Crippen LogP contribution in [0.3, 0.4) is 0 Å². The largest absolute Gasteiger partial charge is 0.322 e. The number of benzene rings is 2. The Labute approximate surface area is 178 Å². The van der Waals surface area contributed by atoms with Gasteiger partial charge in [-0.2, -0.15) is 0 Å². The normalized spacial score (nSPS) is 29.6. The third kappa shape index (κ3) is 3.37. The first kappa shape index (κ1) is 18.8. The van der Waals surface area contributed by atoms with Crippen molar-refractivity contribution in [3.8, 4) is 0 Å². The summed E-state index contributed by atoms with van der Waals surface area (Å²) < 4.78 is 0.533. The summed E-state index contributed by atoms with van der Waals surface area (Å²) in [5.74, 6) is 2.33. The molecule has 4 bridgehead atoms. The standard InChI is InChI=1S/C23H23BrN2O3/c24-21-6-5-19(26(28)29)10-20(21)22(27)25-18-3-1-17(2-4-18)23-11-14-7-15(12-23)9-16(8-14)13-23/h1-6,10,14-16H,7-9,11-13H2,(H,25,27). The average Bonchev–Trinajstić information content (AvgIpc) is 2.67. The molecule has 2 aromatic carbocycles. The predicted molar refractivity (Wildman–Crippen MR) is 115 cm³/mol. The Bertz CT molecular complexity index is 951. The molecule has 1 N–H and O–H groups in total. The molecule has 4 saturated carbocycles. The second-order valence-electron chi connectivity index (χ2n) is 9.15. The summed E-state index contributed by atoms with van der Waals surface area (Å²) in [6, 6.07) is 12.5. The third-order valence-corrected chi connectivity index (χ3v) is 7.89. The lowest BCUT2D eigenvalue weighted by Gasteiger charge is -2.57. The minimum atomic E-state index is -0.497. The molecule has 6 rings (SSSR count). The van der Waals surface area contributed by atoms with E-state index in [1.54, 1.807) is 0 Å². The van der Waals surface area contributed by atoms with Crippen LogP contribution in [0, 0.1) is 27.9 Å². The van der Waals surface area contributed by atoms with Crippen molar-refractivity contribution in [1.29, 1.82) is 0 Å². The van der Waals surface area contributed by atoms with Crippen molar-refractivity contribution in [3.05, 3.63) is 68.2 Å². The van der Waals surface area contributed by atoms with E-state index in [-0.39, 0.29) is 17.2 Å². The molecule has 29 heavy (non-hydrogen) atoms. The van der Waals surface area contributed by atoms with Crippen molar-refractivity contribution >= 4 is 33.2 Å². The zero-order chi connectivity index (χ0) is 20.2. The van der Waals surface area contributed by atoms with Gasteiger partial charge in [0.2, 0.25) is 0 Å². The fourth-order valence-electron chi connectivity index (χ4n) is 6.37. The molecule has 4 fully saturated rings. The van der Waals surface area contributed by atoms with Gasteiger partial charge in [0.05, 0.1) is 10.5 Å². The molecule has 0 heterocycles. The van der Waals surface area contributed by atoms with Gasteiger partial charge in [0, 0.05) is 22.3 Å². The molecule has 4 aliphatic carbocycles. The number of nitrogens with zero attached hydrogens (tertiary/aromatic N) is 1. The molecule has 5 nitrogen and oxygen atoms in total. The Morgan fingerprint density at radius 2 is 1.59 bits per heavy atom. The van der Waals surface area contributed by atoms with Crippen molar-refractivity contribution in [2.24, 2.45) is 17.8 Å². The zero-order valence-electron chi connectivity index (χ0n) is 16.1. The summed E-state index contributed by atoms with van der Waals surface area (Å²) in [4.78, 5) is 23.2. The fourth-order valence-corrected chi connectivity index (χ4v) is 6.80. The van der Waals surface area contributed by atoms with Crippen molar-refractivity contribution in [3.63, 3.8) is 0 Å². The summed E-state index contributed by atoms with van der Waals surface area (Å²) in [5, 5.41) is 13.9. The molecule has 0 atom stereocenters. The number of non-ortho nitro benzene ring substituents is 1. The van der Waals surface area contributed by atoms with Crippen LogP contribution in [0.1, 0.15) is 54.4 Å². The van der Waals surface area contributed by atoms with E-state index in [1.165, 1.54) is 62.3 Å². The Morgan fingerprint density at radius 1 is 1.00 bits per heavy atom. The van der Waals surface area contributed by atoms with Crippen molar-refractivity contribution in [2.75, 3.05) is 5.32 Å². The average molecular weight is 455 g/mol. The summed E-state index contributed by atoms with van der Waals surface area (Å²) in [6.07, 6.45) is 8.20. The smallest absolute Gasteiger partial charge is 0.270 e. The highest BCUT2D eigenvalue weighted by Crippen LogP contribution is 2.60. The maximum Gasteiger partial charge on any atom is 0.270 e. The lowest BCUT2D eigenvalue weighted by atomic mass is 9.48. The Balaban J connectivity index is 1.35. The van der Waals surface area contributed by atoms with Crippen LogP contribution in [0.5, 0.6) is 0 Å². The number of nitro groups is 1. The quantitative estimate of drug-likeness (QED) is 0.449. The number of anilines is 1.